The second-order valence-corrected chi connectivity index (χ2v) is 3.85. The number of aliphatic hydroxyl groups is 1. The van der Waals surface area contributed by atoms with Crippen LogP contribution in [-0.4, -0.2) is 34.3 Å². The van der Waals surface area contributed by atoms with Crippen LogP contribution in [-0.2, 0) is 0 Å². The first kappa shape index (κ1) is 13.2. The van der Waals surface area contributed by atoms with Gasteiger partial charge in [0.2, 0.25) is 0 Å². The van der Waals surface area contributed by atoms with Gasteiger partial charge >= 0.3 is 0 Å². The van der Waals surface area contributed by atoms with E-state index in [1.807, 2.05) is 13.8 Å². The Morgan fingerprint density at radius 2 is 1.93 bits per heavy atom. The summed E-state index contributed by atoms with van der Waals surface area (Å²) in [7, 11) is 0. The molecule has 0 saturated carbocycles. The average Bonchev–Trinajstić information content (AvgIpc) is 2.01. The molecule has 0 aliphatic carbocycles. The van der Waals surface area contributed by atoms with Crippen molar-refractivity contribution in [2.24, 2.45) is 10.9 Å². The Morgan fingerprint density at radius 1 is 1.36 bits per heavy atom. The third-order valence-corrected chi connectivity index (χ3v) is 1.91. The van der Waals surface area contributed by atoms with Crippen molar-refractivity contribution in [3.63, 3.8) is 0 Å². The van der Waals surface area contributed by atoms with E-state index in [1.54, 1.807) is 6.92 Å². The van der Waals surface area contributed by atoms with E-state index in [0.29, 0.717) is 12.8 Å². The molecule has 3 atom stereocenters. The number of oxime groups is 1. The summed E-state index contributed by atoms with van der Waals surface area (Å²) in [5, 5.41) is 23.6. The van der Waals surface area contributed by atoms with Crippen molar-refractivity contribution < 1.29 is 10.3 Å². The molecule has 3 unspecified atom stereocenters. The molecule has 0 aromatic heterocycles. The molecule has 5 nitrogen and oxygen atoms in total. The molecule has 0 aliphatic rings. The van der Waals surface area contributed by atoms with E-state index >= 15 is 0 Å². The molecule has 0 rings (SSSR count). The first-order chi connectivity index (χ1) is 6.45. The Kier molecular flexibility index (Phi) is 6.23. The molecule has 84 valence electrons. The van der Waals surface area contributed by atoms with Crippen LogP contribution in [0.25, 0.3) is 0 Å². The molecule has 0 spiro atoms. The molecule has 14 heavy (non-hydrogen) atoms. The number of aliphatic hydroxyl groups excluding tert-OH is 1. The maximum absolute atomic E-state index is 9.14. The Balaban J connectivity index is 3.76. The van der Waals surface area contributed by atoms with E-state index in [9.17, 15) is 0 Å². The van der Waals surface area contributed by atoms with Crippen molar-refractivity contribution in [1.29, 1.82) is 0 Å². The summed E-state index contributed by atoms with van der Waals surface area (Å²) in [6.45, 7) is 5.71. The molecule has 0 bridgehead atoms. The number of hydrogen-bond acceptors (Lipinski definition) is 4. The highest BCUT2D eigenvalue weighted by molar-refractivity contribution is 5.80. The molecule has 0 fully saturated rings. The van der Waals surface area contributed by atoms with E-state index < -0.39 is 0 Å². The fourth-order valence-electron chi connectivity index (χ4n) is 1.48. The van der Waals surface area contributed by atoms with E-state index in [4.69, 9.17) is 16.0 Å². The lowest BCUT2D eigenvalue weighted by Gasteiger charge is -2.20. The molecular weight excluding hydrogens is 182 g/mol. The maximum atomic E-state index is 9.14. The summed E-state index contributed by atoms with van der Waals surface area (Å²) < 4.78 is 0. The van der Waals surface area contributed by atoms with Crippen molar-refractivity contribution in [2.75, 3.05) is 0 Å². The van der Waals surface area contributed by atoms with Crippen LogP contribution in [0, 0.1) is 0 Å². The number of amidine groups is 1. The van der Waals surface area contributed by atoms with Crippen LogP contribution < -0.4 is 11.1 Å². The number of hydrogen-bond donors (Lipinski definition) is 4. The quantitative estimate of drug-likeness (QED) is 0.216. The number of nitrogens with two attached hydrogens (primary N) is 1. The van der Waals surface area contributed by atoms with Gasteiger partial charge in [-0.25, -0.2) is 0 Å². The van der Waals surface area contributed by atoms with Gasteiger partial charge in [0, 0.05) is 18.5 Å². The summed E-state index contributed by atoms with van der Waals surface area (Å²) >= 11 is 0. The first-order valence-corrected chi connectivity index (χ1v) is 4.86. The predicted molar refractivity (Wildman–Crippen MR) is 56.4 cm³/mol. The summed E-state index contributed by atoms with van der Waals surface area (Å²) in [6.07, 6.45) is 0.884. The third kappa shape index (κ3) is 6.68. The van der Waals surface area contributed by atoms with Crippen molar-refractivity contribution in [3.05, 3.63) is 0 Å². The summed E-state index contributed by atoms with van der Waals surface area (Å²) in [5.41, 5.74) is 5.36. The van der Waals surface area contributed by atoms with Crippen LogP contribution in [0.15, 0.2) is 5.16 Å². The van der Waals surface area contributed by atoms with Crippen LogP contribution in [0.5, 0.6) is 0 Å². The standard InChI is InChI=1S/C9H21N3O2/c1-6(4-8(3)13)11-7(2)5-9(10)12-14/h6-8,11,13-14H,4-5H2,1-3H3,(H2,10,12). The van der Waals surface area contributed by atoms with Gasteiger partial charge in [0.25, 0.3) is 0 Å². The summed E-state index contributed by atoms with van der Waals surface area (Å²) in [5.74, 6) is 0.217. The highest BCUT2D eigenvalue weighted by Crippen LogP contribution is 2.00. The molecule has 0 saturated heterocycles. The second kappa shape index (κ2) is 6.62. The molecule has 0 aliphatic heterocycles. The van der Waals surface area contributed by atoms with Gasteiger partial charge in [-0.3, -0.25) is 0 Å². The van der Waals surface area contributed by atoms with Crippen molar-refractivity contribution in [3.8, 4) is 0 Å². The van der Waals surface area contributed by atoms with Gasteiger partial charge in [0.05, 0.1) is 6.10 Å². The zero-order valence-electron chi connectivity index (χ0n) is 9.07. The molecule has 0 heterocycles. The van der Waals surface area contributed by atoms with Crippen LogP contribution in [0.1, 0.15) is 33.6 Å². The van der Waals surface area contributed by atoms with Gasteiger partial charge in [0.15, 0.2) is 0 Å². The monoisotopic (exact) mass is 203 g/mol. The lowest BCUT2D eigenvalue weighted by Crippen LogP contribution is -2.38. The minimum atomic E-state index is -0.312. The predicted octanol–water partition coefficient (Wildman–Crippen LogP) is 0.260. The zero-order valence-corrected chi connectivity index (χ0v) is 9.07. The van der Waals surface area contributed by atoms with E-state index in [0.717, 1.165) is 0 Å². The van der Waals surface area contributed by atoms with E-state index in [1.165, 1.54) is 0 Å². The Morgan fingerprint density at radius 3 is 2.36 bits per heavy atom. The zero-order chi connectivity index (χ0) is 11.1. The highest BCUT2D eigenvalue weighted by atomic mass is 16.4. The second-order valence-electron chi connectivity index (χ2n) is 3.85. The average molecular weight is 203 g/mol. The van der Waals surface area contributed by atoms with Gasteiger partial charge < -0.3 is 21.4 Å². The highest BCUT2D eigenvalue weighted by Gasteiger charge is 2.10. The summed E-state index contributed by atoms with van der Waals surface area (Å²) in [4.78, 5) is 0. The first-order valence-electron chi connectivity index (χ1n) is 4.86. The van der Waals surface area contributed by atoms with Gasteiger partial charge in [-0.1, -0.05) is 5.16 Å². The van der Waals surface area contributed by atoms with Crippen molar-refractivity contribution >= 4 is 5.84 Å². The minimum Gasteiger partial charge on any atom is -0.409 e. The SMILES string of the molecule is CC(O)CC(C)NC(C)CC(N)=NO. The smallest absolute Gasteiger partial charge is 0.140 e. The van der Waals surface area contributed by atoms with Crippen LogP contribution in [0.2, 0.25) is 0 Å². The van der Waals surface area contributed by atoms with E-state index in [-0.39, 0.29) is 24.0 Å². The van der Waals surface area contributed by atoms with Crippen LogP contribution >= 0.6 is 0 Å². The largest absolute Gasteiger partial charge is 0.409 e. The summed E-state index contributed by atoms with van der Waals surface area (Å²) in [6, 6.07) is 0.358. The van der Waals surface area contributed by atoms with Gasteiger partial charge in [-0.05, 0) is 27.2 Å². The Bertz CT molecular complexity index is 183. The normalized spacial score (nSPS) is 19.0. The topological polar surface area (TPSA) is 90.9 Å². The molecular formula is C9H21N3O2. The van der Waals surface area contributed by atoms with Gasteiger partial charge in [-0.2, -0.15) is 0 Å². The van der Waals surface area contributed by atoms with Crippen LogP contribution in [0.3, 0.4) is 0 Å². The Labute approximate surface area is 85.0 Å². The lowest BCUT2D eigenvalue weighted by molar-refractivity contribution is 0.168. The Hall–Kier alpha value is -0.810. The number of nitrogens with one attached hydrogen (secondary N) is 1. The fraction of sp³-hybridized carbons (Fsp3) is 0.889. The minimum absolute atomic E-state index is 0.139. The van der Waals surface area contributed by atoms with Crippen molar-refractivity contribution in [1.82, 2.24) is 5.32 Å². The number of nitrogens with zero attached hydrogens (tertiary/aromatic N) is 1. The van der Waals surface area contributed by atoms with E-state index in [2.05, 4.69) is 10.5 Å². The molecule has 0 aromatic rings. The molecule has 0 amide bonds. The van der Waals surface area contributed by atoms with Gasteiger partial charge in [-0.15, -0.1) is 0 Å². The van der Waals surface area contributed by atoms with Crippen LogP contribution in [0.4, 0.5) is 0 Å². The van der Waals surface area contributed by atoms with Gasteiger partial charge in [0.1, 0.15) is 5.84 Å². The fourth-order valence-corrected chi connectivity index (χ4v) is 1.48. The molecule has 5 N–H and O–H groups in total. The lowest BCUT2D eigenvalue weighted by atomic mass is 10.1. The molecule has 0 radical (unpaired) electrons. The van der Waals surface area contributed by atoms with Crippen molar-refractivity contribution in [2.45, 2.75) is 51.8 Å². The molecule has 0 aromatic carbocycles. The third-order valence-electron chi connectivity index (χ3n) is 1.91. The maximum Gasteiger partial charge on any atom is 0.140 e. The number of rotatable bonds is 6. The molecule has 5 heteroatoms.